The summed E-state index contributed by atoms with van der Waals surface area (Å²) in [5.41, 5.74) is -4.02. The van der Waals surface area contributed by atoms with E-state index in [0.717, 1.165) is 248 Å². The average molecular weight is 1790 g/mol. The number of hydrogen-bond donors (Lipinski definition) is 2. The summed E-state index contributed by atoms with van der Waals surface area (Å²) in [6, 6.07) is 0. The van der Waals surface area contributed by atoms with Gasteiger partial charge in [0.1, 0.15) is 23.0 Å². The predicted molar refractivity (Wildman–Crippen MR) is 447 cm³/mol. The third kappa shape index (κ3) is 29.1. The van der Waals surface area contributed by atoms with Gasteiger partial charge in [-0.25, -0.2) is 4.68 Å². The summed E-state index contributed by atoms with van der Waals surface area (Å²) in [7, 11) is -5.73. The van der Waals surface area contributed by atoms with E-state index in [2.05, 4.69) is 114 Å². The number of halogens is 5. The summed E-state index contributed by atoms with van der Waals surface area (Å²) in [4.78, 5) is 34.5. The van der Waals surface area contributed by atoms with Gasteiger partial charge in [-0.3, -0.25) is 34.1 Å². The standard InChI is InChI=1S/C17H30BNO3.C14H22N4O3.C13H23NO3.C12H18F3NO4S.C11H19NO2.C8H12O3.C4H9NO.C2H3N3.CH3.2ClH.Mg/c1-15(2)16(3,4)22-18(21-15)14-6-8-17(5,9-7-14)19-10-12-20-13-11-19;1-3-14(20-11-12-21-14)4-2-13(1,18-6-5-15-16-18)17-7-9-19-10-8-17;1-12(14-6-8-15-9-7-14)2-4-13(5-3-12)16-10-11-17-13;1-11(16-6-8-19-9-7-16)4-2-10(3-5-11)20-21(17,18)12(13,14)15;1-11(4-2-10(13)3-5-11)12-6-8-14-9-7-12;9-7-1-3-8(4-2-7)10-5-6-11-8;1-3-6-4-2-5-1;1-2-4-5-3-1;;;;/h6H,7-13H2,1-5H3;5-6H,1-4,7-12H2;2-11H2,1H3;2H,3-9H2,1H3;2-9H2,1H3;1-6H2;5H,1-4H2;1-2H,(H,3,4,5);1H3;2*1H;/q;;;;;;;;-1;;;+2/p-1. The van der Waals surface area contributed by atoms with E-state index in [1.165, 1.54) is 30.8 Å². The molecule has 31 nitrogen and oxygen atoms in total. The number of Topliss-reactive ketones (excluding diaryl/α,β-unsaturated/α-hetero) is 2. The molecule has 14 fully saturated rings. The molecule has 2 N–H and O–H groups in total. The number of aromatic amines is 1. The molecule has 0 bridgehead atoms. The second kappa shape index (κ2) is 48.2. The van der Waals surface area contributed by atoms with Gasteiger partial charge >= 0.3 is 45.8 Å². The summed E-state index contributed by atoms with van der Waals surface area (Å²) in [6.07, 6.45) is 29.7. The average Bonchev–Trinajstić information content (AvgIpc) is 1.72. The van der Waals surface area contributed by atoms with Crippen LogP contribution in [0.3, 0.4) is 0 Å². The minimum Gasteiger partial charge on any atom is -1.00 e. The Labute approximate surface area is 745 Å². The number of morpholine rings is 6. The fourth-order valence-electron chi connectivity index (χ4n) is 18.3. The van der Waals surface area contributed by atoms with Crippen LogP contribution in [0, 0.1) is 7.43 Å². The van der Waals surface area contributed by atoms with Crippen molar-refractivity contribution < 1.29 is 114 Å². The number of carbonyl (C=O) groups is 2. The third-order valence-electron chi connectivity index (χ3n) is 27.0. The molecule has 3 spiro atoms. The van der Waals surface area contributed by atoms with Crippen LogP contribution in [0.5, 0.6) is 0 Å². The molecule has 0 amide bonds. The largest absolute Gasteiger partial charge is 2.00 e. The zero-order chi connectivity index (χ0) is 83.2. The zero-order valence-corrected chi connectivity index (χ0v) is 77.4. The van der Waals surface area contributed by atoms with Crippen molar-refractivity contribution in [3.05, 3.63) is 55.6 Å². The number of aromatic nitrogens is 6. The van der Waals surface area contributed by atoms with Gasteiger partial charge in [-0.15, -0.1) is 17.5 Å². The molecule has 121 heavy (non-hydrogen) atoms. The maximum atomic E-state index is 12.3. The smallest absolute Gasteiger partial charge is 1.00 e. The number of hydrogen-bond acceptors (Lipinski definition) is 29. The Hall–Kier alpha value is -2.75. The molecule has 16 aliphatic rings. The maximum absolute atomic E-state index is 12.3. The third-order valence-corrected chi connectivity index (χ3v) is 28.0. The molecule has 6 aliphatic carbocycles. The number of H-pyrrole nitrogens is 1. The van der Waals surface area contributed by atoms with Crippen molar-refractivity contribution in [3.63, 3.8) is 0 Å². The number of alkyl halides is 3. The first-order valence-corrected chi connectivity index (χ1v) is 44.6. The van der Waals surface area contributed by atoms with Gasteiger partial charge in [0.2, 0.25) is 0 Å². The molecule has 2 aromatic rings. The molecule has 10 aliphatic heterocycles. The summed E-state index contributed by atoms with van der Waals surface area (Å²) in [5, 5.41) is 20.8. The van der Waals surface area contributed by atoms with Gasteiger partial charge in [-0.2, -0.15) is 37.0 Å². The Balaban J connectivity index is 0.000000195. The van der Waals surface area contributed by atoms with E-state index in [1.54, 1.807) is 18.6 Å². The van der Waals surface area contributed by atoms with E-state index in [0.29, 0.717) is 82.4 Å². The monoisotopic (exact) mass is 1790 g/mol. The van der Waals surface area contributed by atoms with E-state index in [9.17, 15) is 31.2 Å². The van der Waals surface area contributed by atoms with Crippen LogP contribution < -0.4 is 17.7 Å². The van der Waals surface area contributed by atoms with Crippen LogP contribution in [0.4, 0.5) is 13.2 Å². The minimum atomic E-state index is -5.56. The second-order valence-electron chi connectivity index (χ2n) is 35.2. The van der Waals surface area contributed by atoms with Gasteiger partial charge < -0.3 is 95.5 Å². The number of nitrogens with zero attached hydrogens (tertiary/aromatic N) is 10. The van der Waals surface area contributed by atoms with Crippen molar-refractivity contribution in [2.45, 2.75) is 259 Å². The first kappa shape index (κ1) is 105. The molecule has 0 aromatic carbocycles. The maximum Gasteiger partial charge on any atom is 2.00 e. The Morgan fingerprint density at radius 3 is 1.12 bits per heavy atom. The normalized spacial score (nSPS) is 29.5. The van der Waals surface area contributed by atoms with Crippen molar-refractivity contribution in [3.8, 4) is 0 Å². The molecule has 12 heterocycles. The van der Waals surface area contributed by atoms with Crippen LogP contribution in [0.25, 0.3) is 0 Å². The number of rotatable bonds is 9. The number of nitrogens with one attached hydrogen (secondary N) is 2. The van der Waals surface area contributed by atoms with E-state index in [4.69, 9.17) is 66.2 Å². The van der Waals surface area contributed by atoms with Crippen LogP contribution in [0.15, 0.2) is 48.2 Å². The predicted octanol–water partition coefficient (Wildman–Crippen LogP) is 5.80. The summed E-state index contributed by atoms with van der Waals surface area (Å²) < 4.78 is 144. The molecule has 2 aromatic heterocycles. The fourth-order valence-corrected chi connectivity index (χ4v) is 18.8. The number of allylic oxidation sites excluding steroid dienone is 2. The van der Waals surface area contributed by atoms with Gasteiger partial charge in [-0.1, -0.05) is 11.3 Å². The summed E-state index contributed by atoms with van der Waals surface area (Å²) in [6.45, 7) is 43.5. The van der Waals surface area contributed by atoms with Gasteiger partial charge in [0.15, 0.2) is 17.4 Å². The number of ether oxygens (including phenoxy) is 12. The van der Waals surface area contributed by atoms with Crippen molar-refractivity contribution >= 4 is 64.3 Å². The van der Waals surface area contributed by atoms with Crippen LogP contribution in [-0.2, 0) is 95.7 Å². The van der Waals surface area contributed by atoms with E-state index >= 15 is 0 Å². The minimum absolute atomic E-state index is 0. The molecule has 39 heteroatoms. The van der Waals surface area contributed by atoms with E-state index in [1.807, 2.05) is 17.8 Å². The molecule has 2 atom stereocenters. The van der Waals surface area contributed by atoms with E-state index < -0.39 is 15.6 Å². The molecular weight excluding hydrogens is 1650 g/mol. The fraction of sp³-hybridized carbons (Fsp3) is 0.866. The topological polar surface area (TPSA) is 307 Å². The van der Waals surface area contributed by atoms with Crippen LogP contribution in [0.2, 0.25) is 0 Å². The Bertz CT molecular complexity index is 3420. The van der Waals surface area contributed by atoms with Crippen molar-refractivity contribution in [1.82, 2.24) is 60.2 Å². The van der Waals surface area contributed by atoms with Gasteiger partial charge in [0.05, 0.1) is 149 Å². The Morgan fingerprint density at radius 1 is 0.438 bits per heavy atom. The Kier molecular flexibility index (Phi) is 42.0. The number of carbonyl (C=O) groups excluding carboxylic acids is 2. The molecule has 18 rings (SSSR count). The van der Waals surface area contributed by atoms with Crippen molar-refractivity contribution in [1.29, 1.82) is 0 Å². The molecule has 2 unspecified atom stereocenters. The van der Waals surface area contributed by atoms with Gasteiger partial charge in [0.25, 0.3) is 0 Å². The first-order chi connectivity index (χ1) is 55.9. The van der Waals surface area contributed by atoms with Gasteiger partial charge in [-0.05, 0) is 138 Å². The molecule has 10 saturated heterocycles. The number of ketones is 2. The summed E-state index contributed by atoms with van der Waals surface area (Å²) >= 11 is 0. The molecule has 4 saturated carbocycles. The molecule has 688 valence electrons. The second-order valence-corrected chi connectivity index (χ2v) is 36.7. The quantitative estimate of drug-likeness (QED) is 0.130. The van der Waals surface area contributed by atoms with Gasteiger partial charge in [0, 0.05) is 178 Å². The van der Waals surface area contributed by atoms with Crippen LogP contribution in [-0.4, -0.2) is 359 Å². The first-order valence-electron chi connectivity index (χ1n) is 43.2. The SMILES string of the molecule is C1COCCN1.CC1(N2CCOCC2)CC=C(B2OC(C)(C)C(C)(C)O2)CC1.CC1(N2CCOCC2)CC=C(OS(=O)(=O)C(F)(F)F)CC1.CC1(N2CCOCC2)CCC(=O)CC1.CC1(N2CCOCC2)CCC2(CC1)OCCO2.Cl.O=C1CCC2(CC1)OCCO2.[CH3-].[Cl-].[Mg+2].c1cn(C2(N3CCOCC3)CCC3(CC2)OCCO3)nn1.c1cn[nH]n1. The van der Waals surface area contributed by atoms with Crippen molar-refractivity contribution in [2.75, 3.05) is 197 Å². The van der Waals surface area contributed by atoms with Crippen LogP contribution in [0.1, 0.15) is 197 Å². The van der Waals surface area contributed by atoms with E-state index in [-0.39, 0.29) is 125 Å². The summed E-state index contributed by atoms with van der Waals surface area (Å²) in [5.74, 6) is -0.292. The zero-order valence-electron chi connectivity index (χ0n) is 73.6. The van der Waals surface area contributed by atoms with Crippen molar-refractivity contribution in [2.24, 2.45) is 0 Å². The Morgan fingerprint density at radius 2 is 0.785 bits per heavy atom. The molecule has 0 radical (unpaired) electrons. The molecular formula is C82H140BCl2F3MgN12O19S. The van der Waals surface area contributed by atoms with Crippen LogP contribution >= 0.6 is 12.4 Å².